The van der Waals surface area contributed by atoms with Gasteiger partial charge in [0.05, 0.1) is 11.5 Å². The van der Waals surface area contributed by atoms with Crippen molar-refractivity contribution in [2.45, 2.75) is 34.2 Å². The summed E-state index contributed by atoms with van der Waals surface area (Å²) in [5, 5.41) is 12.2. The van der Waals surface area contributed by atoms with Crippen LogP contribution in [0.2, 0.25) is 0 Å². The summed E-state index contributed by atoms with van der Waals surface area (Å²) in [5.41, 5.74) is 3.57. The molecule has 0 aliphatic rings. The number of nitrogens with one attached hydrogen (secondary N) is 1. The van der Waals surface area contributed by atoms with E-state index in [1.165, 1.54) is 16.7 Å². The van der Waals surface area contributed by atoms with E-state index in [0.29, 0.717) is 0 Å². The highest BCUT2D eigenvalue weighted by atomic mass is 14.9. The molecule has 0 amide bonds. The van der Waals surface area contributed by atoms with Crippen molar-refractivity contribution < 1.29 is 0 Å². The zero-order valence-electron chi connectivity index (χ0n) is 10.6. The topological polar surface area (TPSA) is 35.8 Å². The van der Waals surface area contributed by atoms with Gasteiger partial charge in [-0.2, -0.15) is 5.26 Å². The molecule has 0 radical (unpaired) electrons. The minimum atomic E-state index is -0.293. The Bertz CT molecular complexity index is 379. The maximum atomic E-state index is 8.89. The highest BCUT2D eigenvalue weighted by Crippen LogP contribution is 2.12. The molecular weight excluding hydrogens is 196 g/mol. The Morgan fingerprint density at radius 2 is 1.75 bits per heavy atom. The van der Waals surface area contributed by atoms with Crippen LogP contribution in [-0.4, -0.2) is 6.54 Å². The summed E-state index contributed by atoms with van der Waals surface area (Å²) < 4.78 is 0. The molecule has 0 saturated heterocycles. The SMILES string of the molecule is Cc1cc(C)cc(CNCC(C)(C)C#N)c1. The van der Waals surface area contributed by atoms with Crippen LogP contribution in [0.5, 0.6) is 0 Å². The molecule has 0 bridgehead atoms. The maximum absolute atomic E-state index is 8.89. The summed E-state index contributed by atoms with van der Waals surface area (Å²) in [7, 11) is 0. The van der Waals surface area contributed by atoms with E-state index in [0.717, 1.165) is 13.1 Å². The Morgan fingerprint density at radius 3 is 2.25 bits per heavy atom. The van der Waals surface area contributed by atoms with Gasteiger partial charge in [-0.15, -0.1) is 0 Å². The van der Waals surface area contributed by atoms with E-state index < -0.39 is 0 Å². The van der Waals surface area contributed by atoms with Crippen LogP contribution in [0.4, 0.5) is 0 Å². The first-order chi connectivity index (χ1) is 7.43. The molecule has 1 aromatic carbocycles. The third-order valence-electron chi connectivity index (χ3n) is 2.48. The Morgan fingerprint density at radius 1 is 1.19 bits per heavy atom. The van der Waals surface area contributed by atoms with Gasteiger partial charge in [0.2, 0.25) is 0 Å². The lowest BCUT2D eigenvalue weighted by molar-refractivity contribution is 0.445. The first kappa shape index (κ1) is 12.7. The van der Waals surface area contributed by atoms with E-state index in [-0.39, 0.29) is 5.41 Å². The van der Waals surface area contributed by atoms with Crippen LogP contribution in [0.3, 0.4) is 0 Å². The fraction of sp³-hybridized carbons (Fsp3) is 0.500. The second-order valence-corrected chi connectivity index (χ2v) is 5.10. The van der Waals surface area contributed by atoms with E-state index in [1.54, 1.807) is 0 Å². The molecule has 0 heterocycles. The zero-order valence-corrected chi connectivity index (χ0v) is 10.6. The van der Waals surface area contributed by atoms with Gasteiger partial charge >= 0.3 is 0 Å². The molecule has 0 aliphatic heterocycles. The highest BCUT2D eigenvalue weighted by molar-refractivity contribution is 5.28. The number of aryl methyl sites for hydroxylation is 2. The van der Waals surface area contributed by atoms with Crippen molar-refractivity contribution in [3.63, 3.8) is 0 Å². The monoisotopic (exact) mass is 216 g/mol. The Kier molecular flexibility index (Phi) is 4.09. The summed E-state index contributed by atoms with van der Waals surface area (Å²) in [6.45, 7) is 9.65. The number of rotatable bonds is 4. The van der Waals surface area contributed by atoms with Gasteiger partial charge in [-0.25, -0.2) is 0 Å². The van der Waals surface area contributed by atoms with Crippen molar-refractivity contribution in [3.8, 4) is 6.07 Å². The molecule has 0 atom stereocenters. The molecule has 2 heteroatoms. The largest absolute Gasteiger partial charge is 0.311 e. The van der Waals surface area contributed by atoms with Gasteiger partial charge in [0.1, 0.15) is 0 Å². The molecule has 16 heavy (non-hydrogen) atoms. The van der Waals surface area contributed by atoms with E-state index in [4.69, 9.17) is 5.26 Å². The van der Waals surface area contributed by atoms with Gasteiger partial charge in [0.15, 0.2) is 0 Å². The van der Waals surface area contributed by atoms with Gasteiger partial charge < -0.3 is 5.32 Å². The van der Waals surface area contributed by atoms with Crippen LogP contribution < -0.4 is 5.32 Å². The first-order valence-electron chi connectivity index (χ1n) is 5.62. The number of hydrogen-bond acceptors (Lipinski definition) is 2. The van der Waals surface area contributed by atoms with Gasteiger partial charge in [-0.1, -0.05) is 29.3 Å². The maximum Gasteiger partial charge on any atom is 0.0697 e. The predicted octanol–water partition coefficient (Wildman–Crippen LogP) is 2.94. The Labute approximate surface area is 98.3 Å². The molecule has 0 aliphatic carbocycles. The van der Waals surface area contributed by atoms with Crippen LogP contribution in [0.15, 0.2) is 18.2 Å². The number of nitriles is 1. The molecular formula is C14H20N2. The molecule has 0 saturated carbocycles. The van der Waals surface area contributed by atoms with Crippen molar-refractivity contribution in [2.75, 3.05) is 6.54 Å². The molecule has 0 spiro atoms. The van der Waals surface area contributed by atoms with Gasteiger partial charge in [-0.3, -0.25) is 0 Å². The van der Waals surface area contributed by atoms with E-state index in [2.05, 4.69) is 43.4 Å². The molecule has 0 unspecified atom stereocenters. The second kappa shape index (κ2) is 5.14. The Balaban J connectivity index is 2.53. The zero-order chi connectivity index (χ0) is 12.2. The van der Waals surface area contributed by atoms with Crippen molar-refractivity contribution in [1.82, 2.24) is 5.32 Å². The lowest BCUT2D eigenvalue weighted by atomic mass is 9.96. The van der Waals surface area contributed by atoms with E-state index in [9.17, 15) is 0 Å². The smallest absolute Gasteiger partial charge is 0.0697 e. The third-order valence-corrected chi connectivity index (χ3v) is 2.48. The minimum Gasteiger partial charge on any atom is -0.311 e. The van der Waals surface area contributed by atoms with Gasteiger partial charge in [0.25, 0.3) is 0 Å². The standard InChI is InChI=1S/C14H20N2/c1-11-5-12(2)7-13(6-11)8-16-10-14(3,4)9-15/h5-7,16H,8,10H2,1-4H3. The molecule has 1 rings (SSSR count). The number of nitrogens with zero attached hydrogens (tertiary/aromatic N) is 1. The van der Waals surface area contributed by atoms with Crippen molar-refractivity contribution in [1.29, 1.82) is 5.26 Å². The molecule has 2 nitrogen and oxygen atoms in total. The predicted molar refractivity (Wildman–Crippen MR) is 67.0 cm³/mol. The fourth-order valence-electron chi connectivity index (χ4n) is 1.73. The van der Waals surface area contributed by atoms with Crippen molar-refractivity contribution in [3.05, 3.63) is 34.9 Å². The van der Waals surface area contributed by atoms with Crippen LogP contribution >= 0.6 is 0 Å². The van der Waals surface area contributed by atoms with Crippen LogP contribution in [0.25, 0.3) is 0 Å². The molecule has 0 fully saturated rings. The first-order valence-corrected chi connectivity index (χ1v) is 5.62. The van der Waals surface area contributed by atoms with Crippen LogP contribution in [0.1, 0.15) is 30.5 Å². The lowest BCUT2D eigenvalue weighted by Gasteiger charge is -2.16. The summed E-state index contributed by atoms with van der Waals surface area (Å²) in [6, 6.07) is 8.82. The second-order valence-electron chi connectivity index (χ2n) is 5.10. The highest BCUT2D eigenvalue weighted by Gasteiger charge is 2.15. The van der Waals surface area contributed by atoms with E-state index >= 15 is 0 Å². The molecule has 1 aromatic rings. The van der Waals surface area contributed by atoms with Crippen LogP contribution in [0, 0.1) is 30.6 Å². The van der Waals surface area contributed by atoms with Crippen molar-refractivity contribution in [2.24, 2.45) is 5.41 Å². The molecule has 86 valence electrons. The Hall–Kier alpha value is -1.33. The summed E-state index contributed by atoms with van der Waals surface area (Å²) in [4.78, 5) is 0. The lowest BCUT2D eigenvalue weighted by Crippen LogP contribution is -2.27. The van der Waals surface area contributed by atoms with Crippen LogP contribution in [-0.2, 0) is 6.54 Å². The van der Waals surface area contributed by atoms with Crippen molar-refractivity contribution >= 4 is 0 Å². The number of benzene rings is 1. The van der Waals surface area contributed by atoms with Gasteiger partial charge in [-0.05, 0) is 33.3 Å². The summed E-state index contributed by atoms with van der Waals surface area (Å²) in [5.74, 6) is 0. The average Bonchev–Trinajstić information content (AvgIpc) is 2.16. The molecule has 0 aromatic heterocycles. The normalized spacial score (nSPS) is 11.2. The van der Waals surface area contributed by atoms with E-state index in [1.807, 2.05) is 13.8 Å². The van der Waals surface area contributed by atoms with Gasteiger partial charge in [0, 0.05) is 13.1 Å². The quantitative estimate of drug-likeness (QED) is 0.840. The average molecular weight is 216 g/mol. The third kappa shape index (κ3) is 4.04. The summed E-state index contributed by atoms with van der Waals surface area (Å²) >= 11 is 0. The summed E-state index contributed by atoms with van der Waals surface area (Å²) in [6.07, 6.45) is 0. The minimum absolute atomic E-state index is 0.293. The number of hydrogen-bond donors (Lipinski definition) is 1. The fourth-order valence-corrected chi connectivity index (χ4v) is 1.73. The molecule has 1 N–H and O–H groups in total.